The maximum atomic E-state index is 12.3. The summed E-state index contributed by atoms with van der Waals surface area (Å²) in [6, 6.07) is 5.46. The smallest absolute Gasteiger partial charge is 0.337 e. The first-order valence-corrected chi connectivity index (χ1v) is 7.62. The minimum atomic E-state index is -3.84. The topological polar surface area (TPSA) is 108 Å². The van der Waals surface area contributed by atoms with Gasteiger partial charge < -0.3 is 14.0 Å². The van der Waals surface area contributed by atoms with Crippen molar-refractivity contribution in [3.63, 3.8) is 0 Å². The Morgan fingerprint density at radius 2 is 2.09 bits per heavy atom. The van der Waals surface area contributed by atoms with Crippen LogP contribution < -0.4 is 9.46 Å². The highest BCUT2D eigenvalue weighted by Gasteiger charge is 2.21. The lowest BCUT2D eigenvalue weighted by molar-refractivity contribution is 0.0600. The molecule has 118 valence electrons. The number of nitrogens with one attached hydrogen (secondary N) is 1. The number of hydrogen-bond donors (Lipinski definition) is 1. The summed E-state index contributed by atoms with van der Waals surface area (Å²) in [6.07, 6.45) is 1.41. The SMILES string of the molecule is COC(=O)c1ccc(S(=O)(=O)NCc2ccno2)c(OC)c1. The number of benzene rings is 1. The molecule has 0 aliphatic carbocycles. The van der Waals surface area contributed by atoms with Crippen LogP contribution >= 0.6 is 0 Å². The third-order valence-electron chi connectivity index (χ3n) is 2.80. The predicted molar refractivity (Wildman–Crippen MR) is 74.9 cm³/mol. The number of ether oxygens (including phenoxy) is 2. The van der Waals surface area contributed by atoms with Crippen LogP contribution in [-0.4, -0.2) is 33.8 Å². The lowest BCUT2D eigenvalue weighted by atomic mass is 10.2. The van der Waals surface area contributed by atoms with Gasteiger partial charge in [0.05, 0.1) is 32.5 Å². The van der Waals surface area contributed by atoms with Crippen LogP contribution in [0.3, 0.4) is 0 Å². The van der Waals surface area contributed by atoms with E-state index in [4.69, 9.17) is 9.26 Å². The van der Waals surface area contributed by atoms with E-state index < -0.39 is 16.0 Å². The van der Waals surface area contributed by atoms with Crippen LogP contribution in [0.5, 0.6) is 5.75 Å². The second-order valence-corrected chi connectivity index (χ2v) is 5.90. The van der Waals surface area contributed by atoms with Gasteiger partial charge in [-0.3, -0.25) is 0 Å². The highest BCUT2D eigenvalue weighted by Crippen LogP contribution is 2.25. The molecule has 2 rings (SSSR count). The Balaban J connectivity index is 2.27. The van der Waals surface area contributed by atoms with Crippen molar-refractivity contribution in [2.45, 2.75) is 11.4 Å². The number of nitrogens with zero attached hydrogens (tertiary/aromatic N) is 1. The molecule has 0 fully saturated rings. The number of carbonyl (C=O) groups is 1. The van der Waals surface area contributed by atoms with Gasteiger partial charge in [0.2, 0.25) is 10.0 Å². The molecule has 1 N–H and O–H groups in total. The fourth-order valence-electron chi connectivity index (χ4n) is 1.71. The third-order valence-corrected chi connectivity index (χ3v) is 4.24. The van der Waals surface area contributed by atoms with Crippen molar-refractivity contribution >= 4 is 16.0 Å². The number of rotatable bonds is 6. The number of aromatic nitrogens is 1. The average Bonchev–Trinajstić information content (AvgIpc) is 3.05. The summed E-state index contributed by atoms with van der Waals surface area (Å²) in [5, 5.41) is 3.48. The molecule has 1 heterocycles. The highest BCUT2D eigenvalue weighted by molar-refractivity contribution is 7.89. The molecular weight excluding hydrogens is 312 g/mol. The number of sulfonamides is 1. The van der Waals surface area contributed by atoms with Crippen molar-refractivity contribution in [2.75, 3.05) is 14.2 Å². The van der Waals surface area contributed by atoms with Gasteiger partial charge in [-0.25, -0.2) is 17.9 Å². The van der Waals surface area contributed by atoms with Crippen LogP contribution in [0.4, 0.5) is 0 Å². The molecule has 0 bridgehead atoms. The van der Waals surface area contributed by atoms with E-state index in [0.717, 1.165) is 0 Å². The first-order valence-electron chi connectivity index (χ1n) is 6.13. The molecule has 0 amide bonds. The Hall–Kier alpha value is -2.39. The van der Waals surface area contributed by atoms with Crippen molar-refractivity contribution in [3.8, 4) is 5.75 Å². The Kier molecular flexibility index (Phi) is 4.78. The number of hydrogen-bond acceptors (Lipinski definition) is 7. The molecule has 0 aliphatic rings. The number of esters is 1. The number of methoxy groups -OCH3 is 2. The van der Waals surface area contributed by atoms with Crippen molar-refractivity contribution in [3.05, 3.63) is 41.8 Å². The predicted octanol–water partition coefficient (Wildman–Crippen LogP) is 0.948. The number of carbonyl (C=O) groups excluding carboxylic acids is 1. The van der Waals surface area contributed by atoms with Gasteiger partial charge in [0.1, 0.15) is 10.6 Å². The van der Waals surface area contributed by atoms with Crippen LogP contribution in [-0.2, 0) is 21.3 Å². The summed E-state index contributed by atoms with van der Waals surface area (Å²) in [6.45, 7) is -0.0513. The van der Waals surface area contributed by atoms with E-state index in [9.17, 15) is 13.2 Å². The van der Waals surface area contributed by atoms with E-state index in [1.165, 1.54) is 38.6 Å². The molecule has 0 unspecified atom stereocenters. The Morgan fingerprint density at radius 1 is 1.32 bits per heavy atom. The first kappa shape index (κ1) is 16.0. The maximum absolute atomic E-state index is 12.3. The molecular formula is C13H14N2O6S. The molecule has 9 heteroatoms. The molecule has 0 saturated heterocycles. The third kappa shape index (κ3) is 3.43. The van der Waals surface area contributed by atoms with E-state index in [2.05, 4.69) is 14.6 Å². The van der Waals surface area contributed by atoms with Crippen LogP contribution in [0.25, 0.3) is 0 Å². The lowest BCUT2D eigenvalue weighted by Gasteiger charge is -2.11. The Bertz CT molecular complexity index is 755. The van der Waals surface area contributed by atoms with Crippen LogP contribution in [0.1, 0.15) is 16.1 Å². The van der Waals surface area contributed by atoms with Crippen molar-refractivity contribution in [1.82, 2.24) is 9.88 Å². The van der Waals surface area contributed by atoms with Crippen molar-refractivity contribution in [2.24, 2.45) is 0 Å². The fraction of sp³-hybridized carbons (Fsp3) is 0.231. The zero-order chi connectivity index (χ0) is 16.2. The second-order valence-electron chi connectivity index (χ2n) is 4.16. The molecule has 0 spiro atoms. The van der Waals surface area contributed by atoms with Crippen molar-refractivity contribution in [1.29, 1.82) is 0 Å². The van der Waals surface area contributed by atoms with Crippen LogP contribution in [0.15, 0.2) is 39.9 Å². The average molecular weight is 326 g/mol. The van der Waals surface area contributed by atoms with Gasteiger partial charge in [-0.15, -0.1) is 0 Å². The molecule has 2 aromatic rings. The van der Waals surface area contributed by atoms with Gasteiger partial charge in [0.15, 0.2) is 5.76 Å². The van der Waals surface area contributed by atoms with Crippen LogP contribution in [0.2, 0.25) is 0 Å². The van der Waals surface area contributed by atoms with Gasteiger partial charge in [-0.2, -0.15) is 0 Å². The van der Waals surface area contributed by atoms with E-state index in [0.29, 0.717) is 5.76 Å². The van der Waals surface area contributed by atoms with E-state index >= 15 is 0 Å². The largest absolute Gasteiger partial charge is 0.495 e. The first-order chi connectivity index (χ1) is 10.5. The maximum Gasteiger partial charge on any atom is 0.337 e. The second kappa shape index (κ2) is 6.58. The summed E-state index contributed by atoms with van der Waals surface area (Å²) in [4.78, 5) is 11.4. The summed E-state index contributed by atoms with van der Waals surface area (Å²) < 4.78 is 41.4. The Morgan fingerprint density at radius 3 is 2.68 bits per heavy atom. The zero-order valence-corrected chi connectivity index (χ0v) is 12.7. The molecule has 0 aliphatic heterocycles. The van der Waals surface area contributed by atoms with E-state index in [1.54, 1.807) is 6.07 Å². The van der Waals surface area contributed by atoms with Gasteiger partial charge in [0.25, 0.3) is 0 Å². The molecule has 1 aromatic heterocycles. The molecule has 8 nitrogen and oxygen atoms in total. The quantitative estimate of drug-likeness (QED) is 0.787. The minimum Gasteiger partial charge on any atom is -0.495 e. The molecule has 0 radical (unpaired) electrons. The summed E-state index contributed by atoms with van der Waals surface area (Å²) in [5.41, 5.74) is 0.188. The monoisotopic (exact) mass is 326 g/mol. The fourth-order valence-corrected chi connectivity index (χ4v) is 2.85. The summed E-state index contributed by atoms with van der Waals surface area (Å²) in [7, 11) is -1.30. The van der Waals surface area contributed by atoms with Crippen molar-refractivity contribution < 1.29 is 27.2 Å². The van der Waals surface area contributed by atoms with E-state index in [-0.39, 0.29) is 22.8 Å². The lowest BCUT2D eigenvalue weighted by Crippen LogP contribution is -2.23. The van der Waals surface area contributed by atoms with Gasteiger partial charge in [0, 0.05) is 6.07 Å². The molecule has 0 saturated carbocycles. The standard InChI is InChI=1S/C13H14N2O6S/c1-19-11-7-9(13(16)20-2)3-4-12(11)22(17,18)15-8-10-5-6-14-21-10/h3-7,15H,8H2,1-2H3. The van der Waals surface area contributed by atoms with Crippen LogP contribution in [0, 0.1) is 0 Å². The summed E-state index contributed by atoms with van der Waals surface area (Å²) in [5.74, 6) is -0.182. The van der Waals surface area contributed by atoms with Gasteiger partial charge in [-0.05, 0) is 18.2 Å². The molecule has 0 atom stereocenters. The normalized spacial score (nSPS) is 11.2. The summed E-state index contributed by atoms with van der Waals surface area (Å²) >= 11 is 0. The molecule has 22 heavy (non-hydrogen) atoms. The van der Waals surface area contributed by atoms with E-state index in [1.807, 2.05) is 0 Å². The molecule has 1 aromatic carbocycles. The Labute approximate surface area is 127 Å². The van der Waals surface area contributed by atoms with Gasteiger partial charge in [-0.1, -0.05) is 5.16 Å². The highest BCUT2D eigenvalue weighted by atomic mass is 32.2. The zero-order valence-electron chi connectivity index (χ0n) is 11.9. The van der Waals surface area contributed by atoms with Gasteiger partial charge >= 0.3 is 5.97 Å². The minimum absolute atomic E-state index is 0.0352.